The predicted molar refractivity (Wildman–Crippen MR) is 146 cm³/mol. The molecule has 3 aromatic heterocycles. The molecule has 0 amide bonds. The van der Waals surface area contributed by atoms with E-state index in [2.05, 4.69) is 24.8 Å². The number of benzene rings is 1. The maximum Gasteiger partial charge on any atom is 0.319 e. The highest BCUT2D eigenvalue weighted by molar-refractivity contribution is 7.22. The molecule has 3 aliphatic rings. The zero-order chi connectivity index (χ0) is 25.7. The number of nitrogens with two attached hydrogens (primary N) is 1. The summed E-state index contributed by atoms with van der Waals surface area (Å²) in [7, 11) is 0. The van der Waals surface area contributed by atoms with Gasteiger partial charge in [-0.15, -0.1) is 0 Å². The number of pyridine rings is 1. The first-order valence-electron chi connectivity index (χ1n) is 13.3. The highest BCUT2D eigenvalue weighted by Crippen LogP contribution is 2.40. The average molecular weight is 536 g/mol. The van der Waals surface area contributed by atoms with E-state index >= 15 is 4.39 Å². The van der Waals surface area contributed by atoms with Gasteiger partial charge in [-0.3, -0.25) is 9.88 Å². The van der Waals surface area contributed by atoms with Gasteiger partial charge in [0.2, 0.25) is 0 Å². The Bertz CT molecular complexity index is 1490. The van der Waals surface area contributed by atoms with Crippen LogP contribution in [0.1, 0.15) is 32.1 Å². The first kappa shape index (κ1) is 23.9. The quantitative estimate of drug-likeness (QED) is 0.402. The molecule has 2 N–H and O–H groups in total. The van der Waals surface area contributed by atoms with Crippen LogP contribution >= 0.6 is 11.3 Å². The van der Waals surface area contributed by atoms with Gasteiger partial charge in [0.15, 0.2) is 10.9 Å². The molecule has 1 aromatic carbocycles. The van der Waals surface area contributed by atoms with E-state index in [1.807, 2.05) is 18.2 Å². The molecule has 0 radical (unpaired) electrons. The molecule has 7 rings (SSSR count). The maximum absolute atomic E-state index is 16.3. The average Bonchev–Trinajstić information content (AvgIpc) is 3.54. The second-order valence-electron chi connectivity index (χ2n) is 10.4. The zero-order valence-corrected chi connectivity index (χ0v) is 22.0. The van der Waals surface area contributed by atoms with Crippen molar-refractivity contribution < 1.29 is 13.9 Å². The van der Waals surface area contributed by atoms with Crippen molar-refractivity contribution in [1.82, 2.24) is 24.8 Å². The Balaban J connectivity index is 1.34. The number of thiazole rings is 1. The minimum atomic E-state index is -0.511. The zero-order valence-electron chi connectivity index (χ0n) is 21.2. The Morgan fingerprint density at radius 1 is 1.03 bits per heavy atom. The van der Waals surface area contributed by atoms with E-state index in [0.29, 0.717) is 53.8 Å². The van der Waals surface area contributed by atoms with Crippen LogP contribution in [0.3, 0.4) is 0 Å². The second kappa shape index (κ2) is 9.55. The fraction of sp³-hybridized carbons (Fsp3) is 0.481. The smallest absolute Gasteiger partial charge is 0.319 e. The Hall–Kier alpha value is -3.15. The predicted octanol–water partition coefficient (Wildman–Crippen LogP) is 4.26. The molecule has 0 atom stereocenters. The molecular weight excluding hydrogens is 505 g/mol. The molecule has 0 spiro atoms. The number of fused-ring (bicyclic) bond motifs is 3. The fourth-order valence-corrected chi connectivity index (χ4v) is 7.05. The van der Waals surface area contributed by atoms with Crippen LogP contribution in [0.4, 0.5) is 15.3 Å². The number of rotatable bonds is 5. The van der Waals surface area contributed by atoms with Gasteiger partial charge in [-0.05, 0) is 51.3 Å². The summed E-state index contributed by atoms with van der Waals surface area (Å²) >= 11 is 1.37. The van der Waals surface area contributed by atoms with Crippen LogP contribution in [0.2, 0.25) is 0 Å². The number of hydrogen-bond acceptors (Lipinski definition) is 10. The van der Waals surface area contributed by atoms with Gasteiger partial charge in [0, 0.05) is 31.5 Å². The van der Waals surface area contributed by atoms with Crippen LogP contribution < -0.4 is 15.4 Å². The van der Waals surface area contributed by atoms with Crippen LogP contribution in [0, 0.1) is 5.82 Å². The van der Waals surface area contributed by atoms with Crippen LogP contribution in [0.15, 0.2) is 24.4 Å². The molecular formula is C27H30FN7O2S. The molecule has 0 bridgehead atoms. The third kappa shape index (κ3) is 4.04. The van der Waals surface area contributed by atoms with E-state index in [4.69, 9.17) is 20.2 Å². The minimum Gasteiger partial charge on any atom is -0.461 e. The van der Waals surface area contributed by atoms with Crippen molar-refractivity contribution in [2.45, 2.75) is 37.6 Å². The largest absolute Gasteiger partial charge is 0.461 e. The summed E-state index contributed by atoms with van der Waals surface area (Å²) in [4.78, 5) is 23.1. The lowest BCUT2D eigenvalue weighted by molar-refractivity contribution is 0.108. The van der Waals surface area contributed by atoms with Crippen LogP contribution in [0.25, 0.3) is 32.4 Å². The standard InChI is InChI=1S/C27H30FN7O2S/c28-20-22(17-5-1-6-19-21(17)31-25(29)38-19)30-15-18-23(20)32-26(33-24(18)34-9-4-13-36-14-12-34)37-16-27-7-2-10-35(27)11-3-8-27/h1,5-6,15H,2-4,7-14,16H2,(H2,29,31). The normalized spacial score (nSPS) is 19.8. The van der Waals surface area contributed by atoms with Gasteiger partial charge in [0.1, 0.15) is 23.6 Å². The molecule has 0 aliphatic carbocycles. The summed E-state index contributed by atoms with van der Waals surface area (Å²) in [5, 5.41) is 0.997. The van der Waals surface area contributed by atoms with E-state index in [-0.39, 0.29) is 22.8 Å². The first-order valence-corrected chi connectivity index (χ1v) is 14.2. The van der Waals surface area contributed by atoms with Gasteiger partial charge >= 0.3 is 6.01 Å². The molecule has 0 unspecified atom stereocenters. The van der Waals surface area contributed by atoms with Gasteiger partial charge in [-0.1, -0.05) is 23.5 Å². The van der Waals surface area contributed by atoms with Crippen molar-refractivity contribution >= 4 is 43.4 Å². The highest BCUT2D eigenvalue weighted by Gasteiger charge is 2.45. The third-order valence-corrected chi connectivity index (χ3v) is 8.99. The summed E-state index contributed by atoms with van der Waals surface area (Å²) in [5.41, 5.74) is 7.62. The molecule has 6 heterocycles. The van der Waals surface area contributed by atoms with Crippen molar-refractivity contribution in [3.8, 4) is 17.3 Å². The van der Waals surface area contributed by atoms with E-state index < -0.39 is 5.82 Å². The van der Waals surface area contributed by atoms with Gasteiger partial charge in [0.05, 0.1) is 27.7 Å². The van der Waals surface area contributed by atoms with Crippen molar-refractivity contribution in [2.75, 3.05) is 56.6 Å². The molecule has 3 aliphatic heterocycles. The highest BCUT2D eigenvalue weighted by atomic mass is 32.1. The van der Waals surface area contributed by atoms with Gasteiger partial charge < -0.3 is 20.1 Å². The number of nitrogens with zero attached hydrogens (tertiary/aromatic N) is 6. The molecule has 0 saturated carbocycles. The first-order chi connectivity index (χ1) is 18.6. The number of hydrogen-bond donors (Lipinski definition) is 1. The molecule has 38 heavy (non-hydrogen) atoms. The van der Waals surface area contributed by atoms with E-state index in [0.717, 1.165) is 43.6 Å². The van der Waals surface area contributed by atoms with Crippen molar-refractivity contribution in [3.05, 3.63) is 30.2 Å². The lowest BCUT2D eigenvalue weighted by Crippen LogP contribution is -2.43. The molecule has 4 aromatic rings. The summed E-state index contributed by atoms with van der Waals surface area (Å²) in [5.74, 6) is 0.124. The summed E-state index contributed by atoms with van der Waals surface area (Å²) in [6.07, 6.45) is 7.11. The van der Waals surface area contributed by atoms with Crippen LogP contribution in [-0.2, 0) is 4.74 Å². The molecule has 3 saturated heterocycles. The number of halogens is 1. The minimum absolute atomic E-state index is 0.0388. The van der Waals surface area contributed by atoms with Crippen molar-refractivity contribution in [2.24, 2.45) is 0 Å². The van der Waals surface area contributed by atoms with E-state index in [9.17, 15) is 0 Å². The van der Waals surface area contributed by atoms with Gasteiger partial charge in [-0.2, -0.15) is 9.97 Å². The summed E-state index contributed by atoms with van der Waals surface area (Å²) in [6.45, 7) is 5.42. The van der Waals surface area contributed by atoms with Crippen molar-refractivity contribution in [3.63, 3.8) is 0 Å². The maximum atomic E-state index is 16.3. The van der Waals surface area contributed by atoms with Crippen LogP contribution in [0.5, 0.6) is 6.01 Å². The SMILES string of the molecule is Nc1nc2c(-c3ncc4c(N5CCCOCC5)nc(OCC56CCCN5CCC6)nc4c3F)cccc2s1. The van der Waals surface area contributed by atoms with Crippen molar-refractivity contribution in [1.29, 1.82) is 0 Å². The Morgan fingerprint density at radius 2 is 1.89 bits per heavy atom. The Labute approximate surface area is 223 Å². The van der Waals surface area contributed by atoms with E-state index in [1.54, 1.807) is 6.20 Å². The fourth-order valence-electron chi connectivity index (χ4n) is 6.29. The Morgan fingerprint density at radius 3 is 2.76 bits per heavy atom. The second-order valence-corrected chi connectivity index (χ2v) is 11.4. The topological polar surface area (TPSA) is 103 Å². The summed E-state index contributed by atoms with van der Waals surface area (Å²) < 4.78 is 29.2. The lowest BCUT2D eigenvalue weighted by Gasteiger charge is -2.31. The number of aromatic nitrogens is 4. The van der Waals surface area contributed by atoms with Gasteiger partial charge in [-0.25, -0.2) is 9.37 Å². The number of para-hydroxylation sites is 1. The summed E-state index contributed by atoms with van der Waals surface area (Å²) in [6, 6.07) is 5.82. The monoisotopic (exact) mass is 535 g/mol. The van der Waals surface area contributed by atoms with E-state index in [1.165, 1.54) is 24.2 Å². The number of anilines is 2. The molecule has 198 valence electrons. The molecule has 3 fully saturated rings. The number of ether oxygens (including phenoxy) is 2. The number of nitrogen functional groups attached to an aromatic ring is 1. The van der Waals surface area contributed by atoms with Gasteiger partial charge in [0.25, 0.3) is 0 Å². The third-order valence-electron chi connectivity index (χ3n) is 8.14. The molecule has 9 nitrogen and oxygen atoms in total. The Kier molecular flexibility index (Phi) is 6.01. The lowest BCUT2D eigenvalue weighted by atomic mass is 9.95. The van der Waals surface area contributed by atoms with Crippen LogP contribution in [-0.4, -0.2) is 76.4 Å². The molecule has 11 heteroatoms.